The van der Waals surface area contributed by atoms with Crippen LogP contribution in [0, 0.1) is 0 Å². The molecular formula is C14H9BrClNO2. The van der Waals surface area contributed by atoms with Crippen LogP contribution in [0.25, 0.3) is 0 Å². The molecule has 19 heavy (non-hydrogen) atoms. The Kier molecular flexibility index (Phi) is 4.35. The van der Waals surface area contributed by atoms with Gasteiger partial charge in [0.25, 0.3) is 5.91 Å². The van der Waals surface area contributed by atoms with Crippen LogP contribution in [0.2, 0.25) is 5.02 Å². The molecule has 0 saturated carbocycles. The summed E-state index contributed by atoms with van der Waals surface area (Å²) in [5, 5.41) is 3.16. The zero-order chi connectivity index (χ0) is 13.8. The molecule has 0 radical (unpaired) electrons. The summed E-state index contributed by atoms with van der Waals surface area (Å²) in [5.41, 5.74) is 1.53. The fourth-order valence-electron chi connectivity index (χ4n) is 1.50. The van der Waals surface area contributed by atoms with Crippen LogP contribution in [0.4, 0.5) is 5.69 Å². The Bertz CT molecular complexity index is 626. The summed E-state index contributed by atoms with van der Waals surface area (Å²) >= 11 is 9.31. The van der Waals surface area contributed by atoms with Gasteiger partial charge in [0.1, 0.15) is 6.29 Å². The van der Waals surface area contributed by atoms with Crippen molar-refractivity contribution in [2.75, 3.05) is 5.32 Å². The summed E-state index contributed by atoms with van der Waals surface area (Å²) in [6.45, 7) is 0. The first kappa shape index (κ1) is 13.8. The van der Waals surface area contributed by atoms with Crippen molar-refractivity contribution in [2.24, 2.45) is 0 Å². The minimum atomic E-state index is -0.276. The lowest BCUT2D eigenvalue weighted by atomic mass is 10.1. The number of anilines is 1. The Balaban J connectivity index is 2.17. The third-order valence-corrected chi connectivity index (χ3v) is 3.29. The van der Waals surface area contributed by atoms with E-state index in [9.17, 15) is 9.59 Å². The first-order chi connectivity index (χ1) is 9.10. The second kappa shape index (κ2) is 5.99. The third-order valence-electron chi connectivity index (χ3n) is 2.49. The van der Waals surface area contributed by atoms with E-state index in [1.165, 1.54) is 0 Å². The molecule has 0 aromatic heterocycles. The van der Waals surface area contributed by atoms with Crippen LogP contribution in [0.5, 0.6) is 0 Å². The van der Waals surface area contributed by atoms with Crippen LogP contribution in [-0.2, 0) is 0 Å². The van der Waals surface area contributed by atoms with Gasteiger partial charge in [-0.2, -0.15) is 0 Å². The fraction of sp³-hybridized carbons (Fsp3) is 0. The molecule has 2 rings (SSSR count). The summed E-state index contributed by atoms with van der Waals surface area (Å²) in [6, 6.07) is 11.6. The standard InChI is InChI=1S/C14H9BrClNO2/c15-11-5-6-13(12(16)7-11)17-14(19)10-3-1-9(8-18)2-4-10/h1-8H,(H,17,19). The van der Waals surface area contributed by atoms with Gasteiger partial charge in [-0.25, -0.2) is 0 Å². The first-order valence-corrected chi connectivity index (χ1v) is 6.59. The van der Waals surface area contributed by atoms with Gasteiger partial charge in [-0.3, -0.25) is 9.59 Å². The van der Waals surface area contributed by atoms with Gasteiger partial charge in [0.2, 0.25) is 0 Å². The van der Waals surface area contributed by atoms with Crippen molar-refractivity contribution in [3.05, 3.63) is 63.1 Å². The van der Waals surface area contributed by atoms with Gasteiger partial charge in [-0.15, -0.1) is 0 Å². The molecule has 0 saturated heterocycles. The number of benzene rings is 2. The van der Waals surface area contributed by atoms with Crippen LogP contribution < -0.4 is 5.32 Å². The van der Waals surface area contributed by atoms with Crippen LogP contribution in [-0.4, -0.2) is 12.2 Å². The van der Waals surface area contributed by atoms with E-state index in [4.69, 9.17) is 11.6 Å². The van der Waals surface area contributed by atoms with E-state index in [1.807, 2.05) is 0 Å². The lowest BCUT2D eigenvalue weighted by molar-refractivity contribution is 0.102. The van der Waals surface area contributed by atoms with Crippen molar-refractivity contribution < 1.29 is 9.59 Å². The smallest absolute Gasteiger partial charge is 0.255 e. The minimum Gasteiger partial charge on any atom is -0.321 e. The van der Waals surface area contributed by atoms with Crippen molar-refractivity contribution in [3.63, 3.8) is 0 Å². The van der Waals surface area contributed by atoms with E-state index >= 15 is 0 Å². The molecule has 2 aromatic carbocycles. The molecule has 0 aliphatic rings. The van der Waals surface area contributed by atoms with Crippen LogP contribution in [0.15, 0.2) is 46.9 Å². The highest BCUT2D eigenvalue weighted by Gasteiger charge is 2.08. The quantitative estimate of drug-likeness (QED) is 0.854. The topological polar surface area (TPSA) is 46.2 Å². The minimum absolute atomic E-state index is 0.276. The lowest BCUT2D eigenvalue weighted by Crippen LogP contribution is -2.12. The molecule has 0 fully saturated rings. The molecule has 0 heterocycles. The van der Waals surface area contributed by atoms with E-state index < -0.39 is 0 Å². The molecule has 1 N–H and O–H groups in total. The maximum absolute atomic E-state index is 12.0. The number of rotatable bonds is 3. The predicted octanol–water partition coefficient (Wildman–Crippen LogP) is 4.17. The highest BCUT2D eigenvalue weighted by Crippen LogP contribution is 2.26. The number of hydrogen-bond acceptors (Lipinski definition) is 2. The Morgan fingerprint density at radius 3 is 2.42 bits per heavy atom. The van der Waals surface area contributed by atoms with Gasteiger partial charge in [0.05, 0.1) is 10.7 Å². The monoisotopic (exact) mass is 337 g/mol. The summed E-state index contributed by atoms with van der Waals surface area (Å²) < 4.78 is 0.839. The zero-order valence-corrected chi connectivity index (χ0v) is 12.0. The van der Waals surface area contributed by atoms with Gasteiger partial charge in [0.15, 0.2) is 0 Å². The molecule has 1 amide bonds. The van der Waals surface area contributed by atoms with Crippen LogP contribution >= 0.6 is 27.5 Å². The van der Waals surface area contributed by atoms with Crippen molar-refractivity contribution in [1.29, 1.82) is 0 Å². The maximum atomic E-state index is 12.0. The van der Waals surface area contributed by atoms with Crippen LogP contribution in [0.3, 0.4) is 0 Å². The average Bonchev–Trinajstić information content (AvgIpc) is 2.42. The number of halogens is 2. The number of hydrogen-bond donors (Lipinski definition) is 1. The largest absolute Gasteiger partial charge is 0.321 e. The fourth-order valence-corrected chi connectivity index (χ4v) is 2.22. The number of nitrogens with one attached hydrogen (secondary N) is 1. The van der Waals surface area contributed by atoms with Crippen molar-refractivity contribution in [3.8, 4) is 0 Å². The van der Waals surface area contributed by atoms with Crippen molar-refractivity contribution in [1.82, 2.24) is 0 Å². The van der Waals surface area contributed by atoms with Gasteiger partial charge >= 0.3 is 0 Å². The molecule has 0 bridgehead atoms. The van der Waals surface area contributed by atoms with Gasteiger partial charge < -0.3 is 5.32 Å². The molecule has 0 aliphatic heterocycles. The molecule has 5 heteroatoms. The van der Waals surface area contributed by atoms with E-state index in [0.29, 0.717) is 21.8 Å². The highest BCUT2D eigenvalue weighted by atomic mass is 79.9. The summed E-state index contributed by atoms with van der Waals surface area (Å²) in [4.78, 5) is 22.5. The average molecular weight is 339 g/mol. The SMILES string of the molecule is O=Cc1ccc(C(=O)Nc2ccc(Br)cc2Cl)cc1. The molecular weight excluding hydrogens is 330 g/mol. The molecule has 0 unspecified atom stereocenters. The molecule has 0 spiro atoms. The Labute approximate surface area is 123 Å². The van der Waals surface area contributed by atoms with E-state index in [-0.39, 0.29) is 5.91 Å². The van der Waals surface area contributed by atoms with E-state index in [1.54, 1.807) is 42.5 Å². The third kappa shape index (κ3) is 3.43. The summed E-state index contributed by atoms with van der Waals surface area (Å²) in [6.07, 6.45) is 0.729. The Morgan fingerprint density at radius 2 is 1.84 bits per heavy atom. The maximum Gasteiger partial charge on any atom is 0.255 e. The van der Waals surface area contributed by atoms with Gasteiger partial charge in [0, 0.05) is 15.6 Å². The first-order valence-electron chi connectivity index (χ1n) is 5.42. The van der Waals surface area contributed by atoms with Crippen molar-refractivity contribution >= 4 is 45.4 Å². The summed E-state index contributed by atoms with van der Waals surface area (Å²) in [5.74, 6) is -0.276. The zero-order valence-electron chi connectivity index (χ0n) is 9.69. The Morgan fingerprint density at radius 1 is 1.16 bits per heavy atom. The molecule has 2 aromatic rings. The number of carbonyl (C=O) groups excluding carboxylic acids is 2. The lowest BCUT2D eigenvalue weighted by Gasteiger charge is -2.07. The van der Waals surface area contributed by atoms with Gasteiger partial charge in [-0.05, 0) is 30.3 Å². The van der Waals surface area contributed by atoms with Crippen molar-refractivity contribution in [2.45, 2.75) is 0 Å². The van der Waals surface area contributed by atoms with Gasteiger partial charge in [-0.1, -0.05) is 39.7 Å². The Hall–Kier alpha value is -1.65. The highest BCUT2D eigenvalue weighted by molar-refractivity contribution is 9.10. The molecule has 96 valence electrons. The number of aldehydes is 1. The van der Waals surface area contributed by atoms with E-state index in [0.717, 1.165) is 10.8 Å². The number of amides is 1. The summed E-state index contributed by atoms with van der Waals surface area (Å²) in [7, 11) is 0. The van der Waals surface area contributed by atoms with Crippen LogP contribution in [0.1, 0.15) is 20.7 Å². The molecule has 0 aliphatic carbocycles. The molecule has 0 atom stereocenters. The van der Waals surface area contributed by atoms with E-state index in [2.05, 4.69) is 21.2 Å². The predicted molar refractivity (Wildman–Crippen MR) is 78.9 cm³/mol. The molecule has 3 nitrogen and oxygen atoms in total. The second-order valence-electron chi connectivity index (χ2n) is 3.82. The normalized spacial score (nSPS) is 10.0. The number of carbonyl (C=O) groups is 2. The second-order valence-corrected chi connectivity index (χ2v) is 5.14.